The molecule has 0 aliphatic heterocycles. The number of hydrogen-bond acceptors (Lipinski definition) is 5. The van der Waals surface area contributed by atoms with Gasteiger partial charge in [0.15, 0.2) is 6.61 Å². The molecule has 4 rings (SSSR count). The molecule has 0 unspecified atom stereocenters. The predicted molar refractivity (Wildman–Crippen MR) is 126 cm³/mol. The molecule has 3 aromatic carbocycles. The Morgan fingerprint density at radius 1 is 0.909 bits per heavy atom. The number of carbonyl (C=O) groups excluding carboxylic acids is 2. The lowest BCUT2D eigenvalue weighted by Crippen LogP contribution is -2.28. The van der Waals surface area contributed by atoms with E-state index in [9.17, 15) is 14.4 Å². The number of benzene rings is 3. The highest BCUT2D eigenvalue weighted by atomic mass is 16.5. The Balaban J connectivity index is 1.37. The van der Waals surface area contributed by atoms with Crippen LogP contribution in [0.25, 0.3) is 10.9 Å². The van der Waals surface area contributed by atoms with Gasteiger partial charge in [-0.25, -0.2) is 4.98 Å². The van der Waals surface area contributed by atoms with E-state index >= 15 is 0 Å². The maximum atomic E-state index is 12.7. The van der Waals surface area contributed by atoms with Gasteiger partial charge in [-0.15, -0.1) is 0 Å². The molecule has 33 heavy (non-hydrogen) atoms. The van der Waals surface area contributed by atoms with E-state index in [4.69, 9.17) is 4.74 Å². The van der Waals surface area contributed by atoms with E-state index in [1.54, 1.807) is 48.5 Å². The number of nitrogens with one attached hydrogen (secondary N) is 2. The van der Waals surface area contributed by atoms with Crippen molar-refractivity contribution in [2.75, 3.05) is 17.2 Å². The van der Waals surface area contributed by atoms with Gasteiger partial charge in [0.2, 0.25) is 5.91 Å². The quantitative estimate of drug-likeness (QED) is 0.457. The summed E-state index contributed by atoms with van der Waals surface area (Å²) in [5.41, 5.74) is 2.41. The highest BCUT2D eigenvalue weighted by Crippen LogP contribution is 2.18. The summed E-state index contributed by atoms with van der Waals surface area (Å²) in [6, 6.07) is 21.1. The van der Waals surface area contributed by atoms with Crippen LogP contribution in [0.4, 0.5) is 11.4 Å². The van der Waals surface area contributed by atoms with Crippen LogP contribution in [0.2, 0.25) is 0 Å². The highest BCUT2D eigenvalue weighted by molar-refractivity contribution is 5.92. The number of hydrogen-bond donors (Lipinski definition) is 2. The van der Waals surface area contributed by atoms with Crippen LogP contribution in [-0.2, 0) is 16.1 Å². The lowest BCUT2D eigenvalue weighted by atomic mass is 10.1. The average Bonchev–Trinajstić information content (AvgIpc) is 2.81. The largest absolute Gasteiger partial charge is 0.484 e. The van der Waals surface area contributed by atoms with Crippen molar-refractivity contribution < 1.29 is 14.3 Å². The van der Waals surface area contributed by atoms with Crippen LogP contribution in [0.5, 0.6) is 5.75 Å². The molecular formula is C25H22N4O4. The Morgan fingerprint density at radius 2 is 1.64 bits per heavy atom. The van der Waals surface area contributed by atoms with Gasteiger partial charge in [0, 0.05) is 17.4 Å². The summed E-state index contributed by atoms with van der Waals surface area (Å²) >= 11 is 0. The molecule has 4 aromatic rings. The second kappa shape index (κ2) is 9.78. The SMILES string of the molecule is Cc1cccc2c(=O)n(CC(=O)Nc3cccc(OCC(=O)Nc4ccccc4)c3)cnc12. The molecule has 0 aliphatic carbocycles. The van der Waals surface area contributed by atoms with Crippen molar-refractivity contribution in [1.82, 2.24) is 9.55 Å². The number of rotatable bonds is 7. The fraction of sp³-hybridized carbons (Fsp3) is 0.120. The van der Waals surface area contributed by atoms with Gasteiger partial charge in [0.05, 0.1) is 17.2 Å². The summed E-state index contributed by atoms with van der Waals surface area (Å²) < 4.78 is 6.80. The minimum absolute atomic E-state index is 0.177. The van der Waals surface area contributed by atoms with Crippen LogP contribution in [0.1, 0.15) is 5.56 Å². The lowest BCUT2D eigenvalue weighted by Gasteiger charge is -2.11. The normalized spacial score (nSPS) is 10.6. The first-order chi connectivity index (χ1) is 16.0. The first-order valence-corrected chi connectivity index (χ1v) is 10.3. The summed E-state index contributed by atoms with van der Waals surface area (Å²) in [6.07, 6.45) is 1.38. The summed E-state index contributed by atoms with van der Waals surface area (Å²) in [5.74, 6) is -0.255. The summed E-state index contributed by atoms with van der Waals surface area (Å²) in [7, 11) is 0. The third-order valence-electron chi connectivity index (χ3n) is 4.91. The van der Waals surface area contributed by atoms with E-state index in [0.717, 1.165) is 5.56 Å². The first-order valence-electron chi connectivity index (χ1n) is 10.3. The van der Waals surface area contributed by atoms with Crippen molar-refractivity contribution in [3.05, 3.63) is 95.0 Å². The summed E-state index contributed by atoms with van der Waals surface area (Å²) in [5, 5.41) is 5.94. The van der Waals surface area contributed by atoms with E-state index in [2.05, 4.69) is 15.6 Å². The molecule has 0 atom stereocenters. The number of fused-ring (bicyclic) bond motifs is 1. The molecule has 166 valence electrons. The fourth-order valence-electron chi connectivity index (χ4n) is 3.34. The molecule has 1 heterocycles. The first kappa shape index (κ1) is 21.8. The molecule has 0 bridgehead atoms. The summed E-state index contributed by atoms with van der Waals surface area (Å²) in [4.78, 5) is 41.6. The topological polar surface area (TPSA) is 102 Å². The molecule has 8 nitrogen and oxygen atoms in total. The van der Waals surface area contributed by atoms with Crippen molar-refractivity contribution in [1.29, 1.82) is 0 Å². The van der Waals surface area contributed by atoms with Crippen LogP contribution in [0.15, 0.2) is 83.9 Å². The maximum absolute atomic E-state index is 12.7. The monoisotopic (exact) mass is 442 g/mol. The van der Waals surface area contributed by atoms with Crippen LogP contribution in [0, 0.1) is 6.92 Å². The fourth-order valence-corrected chi connectivity index (χ4v) is 3.34. The van der Waals surface area contributed by atoms with Crippen LogP contribution in [-0.4, -0.2) is 28.0 Å². The number of amides is 2. The number of anilines is 2. The Hall–Kier alpha value is -4.46. The molecule has 2 N–H and O–H groups in total. The Morgan fingerprint density at radius 3 is 2.45 bits per heavy atom. The molecule has 2 amide bonds. The van der Waals surface area contributed by atoms with Gasteiger partial charge in [-0.1, -0.05) is 36.4 Å². The third-order valence-corrected chi connectivity index (χ3v) is 4.91. The van der Waals surface area contributed by atoms with Crippen molar-refractivity contribution in [2.24, 2.45) is 0 Å². The minimum Gasteiger partial charge on any atom is -0.484 e. The predicted octanol–water partition coefficient (Wildman–Crippen LogP) is 3.36. The van der Waals surface area contributed by atoms with Crippen molar-refractivity contribution in [3.8, 4) is 5.75 Å². The molecule has 8 heteroatoms. The molecular weight excluding hydrogens is 420 g/mol. The second-order valence-electron chi connectivity index (χ2n) is 7.43. The molecule has 0 fully saturated rings. The van der Waals surface area contributed by atoms with Gasteiger partial charge in [-0.05, 0) is 42.8 Å². The Bertz CT molecular complexity index is 1370. The average molecular weight is 442 g/mol. The van der Waals surface area contributed by atoms with E-state index in [1.807, 2.05) is 31.2 Å². The van der Waals surface area contributed by atoms with Crippen LogP contribution < -0.4 is 20.9 Å². The standard InChI is InChI=1S/C25H22N4O4/c1-17-7-5-12-21-24(17)26-16-29(25(21)32)14-22(30)28-19-10-6-11-20(13-19)33-15-23(31)27-18-8-3-2-4-9-18/h2-13,16H,14-15H2,1H3,(H,27,31)(H,28,30). The number of aryl methyl sites for hydroxylation is 1. The number of aromatic nitrogens is 2. The maximum Gasteiger partial charge on any atom is 0.262 e. The van der Waals surface area contributed by atoms with Gasteiger partial charge in [0.25, 0.3) is 11.5 Å². The molecule has 1 aromatic heterocycles. The minimum atomic E-state index is -0.384. The number of para-hydroxylation sites is 2. The summed E-state index contributed by atoms with van der Waals surface area (Å²) in [6.45, 7) is 1.52. The second-order valence-corrected chi connectivity index (χ2v) is 7.43. The van der Waals surface area contributed by atoms with Crippen LogP contribution >= 0.6 is 0 Å². The van der Waals surface area contributed by atoms with E-state index < -0.39 is 0 Å². The van der Waals surface area contributed by atoms with E-state index in [0.29, 0.717) is 28.0 Å². The Kier molecular flexibility index (Phi) is 6.45. The third kappa shape index (κ3) is 5.43. The van der Waals surface area contributed by atoms with Crippen molar-refractivity contribution >= 4 is 34.1 Å². The smallest absolute Gasteiger partial charge is 0.262 e. The van der Waals surface area contributed by atoms with Gasteiger partial charge >= 0.3 is 0 Å². The molecule has 0 aliphatic rings. The zero-order chi connectivity index (χ0) is 23.2. The molecule has 0 saturated carbocycles. The van der Waals surface area contributed by atoms with E-state index in [1.165, 1.54) is 10.9 Å². The van der Waals surface area contributed by atoms with Crippen molar-refractivity contribution in [2.45, 2.75) is 13.5 Å². The van der Waals surface area contributed by atoms with Crippen LogP contribution in [0.3, 0.4) is 0 Å². The van der Waals surface area contributed by atoms with Gasteiger partial charge in [0.1, 0.15) is 12.3 Å². The lowest BCUT2D eigenvalue weighted by molar-refractivity contribution is -0.118. The number of nitrogens with zero attached hydrogens (tertiary/aromatic N) is 2. The van der Waals surface area contributed by atoms with Crippen molar-refractivity contribution in [3.63, 3.8) is 0 Å². The van der Waals surface area contributed by atoms with Gasteiger partial charge < -0.3 is 15.4 Å². The zero-order valence-electron chi connectivity index (χ0n) is 17.9. The molecule has 0 saturated heterocycles. The van der Waals surface area contributed by atoms with E-state index in [-0.39, 0.29) is 30.5 Å². The highest BCUT2D eigenvalue weighted by Gasteiger charge is 2.10. The van der Waals surface area contributed by atoms with Gasteiger partial charge in [-0.3, -0.25) is 19.0 Å². The Labute approximate surface area is 189 Å². The zero-order valence-corrected chi connectivity index (χ0v) is 17.9. The molecule has 0 spiro atoms. The number of carbonyl (C=O) groups is 2. The number of ether oxygens (including phenoxy) is 1. The van der Waals surface area contributed by atoms with Gasteiger partial charge in [-0.2, -0.15) is 0 Å². The molecule has 0 radical (unpaired) electrons.